The van der Waals surface area contributed by atoms with Crippen molar-refractivity contribution in [2.45, 2.75) is 43.9 Å². The third-order valence-corrected chi connectivity index (χ3v) is 6.47. The average Bonchev–Trinajstić information content (AvgIpc) is 2.90. The zero-order chi connectivity index (χ0) is 20.1. The minimum atomic E-state index is -0.820. The van der Waals surface area contributed by atoms with Gasteiger partial charge in [-0.3, -0.25) is 14.5 Å². The second-order valence-electron chi connectivity index (χ2n) is 7.58. The summed E-state index contributed by atoms with van der Waals surface area (Å²) in [5.41, 5.74) is -0.190. The lowest BCUT2D eigenvalue weighted by Crippen LogP contribution is -2.50. The molecule has 1 aromatic rings. The summed E-state index contributed by atoms with van der Waals surface area (Å²) in [6, 6.07) is 6.12. The standard InChI is InChI=1S/C20H26FN3O3S/c1-14-6-8-20(9-7-14)18(26)24(19(27)23-20)12-17(25)22-10-11-28-13-15-4-2-3-5-16(15)21/h2-5,14H,6-13H2,1H3,(H,22,25)(H,23,27). The predicted octanol–water partition coefficient (Wildman–Crippen LogP) is 2.68. The van der Waals surface area contributed by atoms with Crippen molar-refractivity contribution in [2.75, 3.05) is 18.8 Å². The summed E-state index contributed by atoms with van der Waals surface area (Å²) in [5, 5.41) is 5.54. The molecule has 1 saturated carbocycles. The molecule has 2 fully saturated rings. The highest BCUT2D eigenvalue weighted by molar-refractivity contribution is 7.98. The zero-order valence-electron chi connectivity index (χ0n) is 16.0. The lowest BCUT2D eigenvalue weighted by molar-refractivity contribution is -0.136. The zero-order valence-corrected chi connectivity index (χ0v) is 16.8. The summed E-state index contributed by atoms with van der Waals surface area (Å²) >= 11 is 1.51. The van der Waals surface area contributed by atoms with Crippen LogP contribution in [0.3, 0.4) is 0 Å². The number of carbonyl (C=O) groups is 3. The number of hydrogen-bond donors (Lipinski definition) is 2. The molecule has 1 aliphatic carbocycles. The maximum Gasteiger partial charge on any atom is 0.325 e. The molecule has 0 radical (unpaired) electrons. The van der Waals surface area contributed by atoms with Crippen molar-refractivity contribution in [3.8, 4) is 0 Å². The maximum absolute atomic E-state index is 13.5. The van der Waals surface area contributed by atoms with E-state index in [2.05, 4.69) is 17.6 Å². The Bertz CT molecular complexity index is 750. The van der Waals surface area contributed by atoms with Gasteiger partial charge in [0, 0.05) is 18.1 Å². The van der Waals surface area contributed by atoms with E-state index in [0.717, 1.165) is 17.7 Å². The van der Waals surface area contributed by atoms with Crippen LogP contribution in [0, 0.1) is 11.7 Å². The molecule has 2 aliphatic rings. The van der Waals surface area contributed by atoms with E-state index in [0.29, 0.717) is 42.4 Å². The van der Waals surface area contributed by atoms with Crippen LogP contribution >= 0.6 is 11.8 Å². The summed E-state index contributed by atoms with van der Waals surface area (Å²) in [7, 11) is 0. The van der Waals surface area contributed by atoms with E-state index < -0.39 is 11.6 Å². The van der Waals surface area contributed by atoms with Crippen molar-refractivity contribution in [3.05, 3.63) is 35.6 Å². The Morgan fingerprint density at radius 2 is 2.04 bits per heavy atom. The summed E-state index contributed by atoms with van der Waals surface area (Å²) in [4.78, 5) is 38.1. The second kappa shape index (κ2) is 8.94. The number of hydrogen-bond acceptors (Lipinski definition) is 4. The lowest BCUT2D eigenvalue weighted by atomic mass is 9.77. The van der Waals surface area contributed by atoms with Gasteiger partial charge in [-0.15, -0.1) is 0 Å². The first-order valence-corrected chi connectivity index (χ1v) is 10.8. The van der Waals surface area contributed by atoms with Gasteiger partial charge in [-0.1, -0.05) is 25.1 Å². The molecule has 1 aromatic carbocycles. The molecular weight excluding hydrogens is 381 g/mol. The number of thioether (sulfide) groups is 1. The minimum Gasteiger partial charge on any atom is -0.354 e. The number of benzene rings is 1. The van der Waals surface area contributed by atoms with E-state index in [1.807, 2.05) is 0 Å². The van der Waals surface area contributed by atoms with Gasteiger partial charge in [0.2, 0.25) is 5.91 Å². The highest BCUT2D eigenvalue weighted by atomic mass is 32.2. The molecule has 2 N–H and O–H groups in total. The maximum atomic E-state index is 13.5. The van der Waals surface area contributed by atoms with Gasteiger partial charge in [0.25, 0.3) is 5.91 Å². The van der Waals surface area contributed by atoms with E-state index in [1.54, 1.807) is 18.2 Å². The smallest absolute Gasteiger partial charge is 0.325 e. The Kier molecular flexibility index (Phi) is 6.59. The molecule has 0 aromatic heterocycles. The molecule has 0 atom stereocenters. The van der Waals surface area contributed by atoms with E-state index >= 15 is 0 Å². The van der Waals surface area contributed by atoms with Gasteiger partial charge in [-0.2, -0.15) is 11.8 Å². The summed E-state index contributed by atoms with van der Waals surface area (Å²) in [6.45, 7) is 2.27. The fourth-order valence-corrected chi connectivity index (χ4v) is 4.52. The largest absolute Gasteiger partial charge is 0.354 e. The van der Waals surface area contributed by atoms with Crippen LogP contribution < -0.4 is 10.6 Å². The number of urea groups is 1. The topological polar surface area (TPSA) is 78.5 Å². The molecule has 28 heavy (non-hydrogen) atoms. The highest BCUT2D eigenvalue weighted by Gasteiger charge is 2.52. The number of nitrogens with zero attached hydrogens (tertiary/aromatic N) is 1. The quantitative estimate of drug-likeness (QED) is 0.538. The van der Waals surface area contributed by atoms with E-state index in [1.165, 1.54) is 17.8 Å². The summed E-state index contributed by atoms with van der Waals surface area (Å²) < 4.78 is 13.5. The van der Waals surface area contributed by atoms with Crippen LogP contribution in [-0.2, 0) is 15.3 Å². The van der Waals surface area contributed by atoms with Crippen LogP contribution in [0.4, 0.5) is 9.18 Å². The van der Waals surface area contributed by atoms with Crippen LogP contribution in [0.25, 0.3) is 0 Å². The van der Waals surface area contributed by atoms with Gasteiger partial charge in [0.05, 0.1) is 0 Å². The Morgan fingerprint density at radius 1 is 1.32 bits per heavy atom. The molecule has 1 saturated heterocycles. The number of rotatable bonds is 7. The fraction of sp³-hybridized carbons (Fsp3) is 0.550. The summed E-state index contributed by atoms with van der Waals surface area (Å²) in [6.07, 6.45) is 3.05. The normalized spacial score (nSPS) is 24.5. The number of imide groups is 1. The monoisotopic (exact) mass is 407 g/mol. The van der Waals surface area contributed by atoms with Crippen molar-refractivity contribution in [3.63, 3.8) is 0 Å². The van der Waals surface area contributed by atoms with Crippen molar-refractivity contribution in [2.24, 2.45) is 5.92 Å². The highest BCUT2D eigenvalue weighted by Crippen LogP contribution is 2.36. The van der Waals surface area contributed by atoms with Gasteiger partial charge in [-0.05, 0) is 43.2 Å². The average molecular weight is 408 g/mol. The molecule has 8 heteroatoms. The van der Waals surface area contributed by atoms with Crippen LogP contribution in [0.2, 0.25) is 0 Å². The Labute approximate surface area is 168 Å². The van der Waals surface area contributed by atoms with E-state index in [4.69, 9.17) is 0 Å². The van der Waals surface area contributed by atoms with E-state index in [9.17, 15) is 18.8 Å². The van der Waals surface area contributed by atoms with Gasteiger partial charge >= 0.3 is 6.03 Å². The molecule has 4 amide bonds. The molecule has 1 spiro atoms. The Balaban J connectivity index is 1.40. The Morgan fingerprint density at radius 3 is 2.75 bits per heavy atom. The second-order valence-corrected chi connectivity index (χ2v) is 8.69. The van der Waals surface area contributed by atoms with Crippen LogP contribution in [0.5, 0.6) is 0 Å². The van der Waals surface area contributed by atoms with Crippen molar-refractivity contribution in [1.29, 1.82) is 0 Å². The SMILES string of the molecule is CC1CCC2(CC1)NC(=O)N(CC(=O)NCCSCc1ccccc1F)C2=O. The molecule has 1 aliphatic heterocycles. The first-order chi connectivity index (χ1) is 13.4. The molecule has 3 rings (SSSR count). The molecule has 1 heterocycles. The summed E-state index contributed by atoms with van der Waals surface area (Å²) in [5.74, 6) is 0.807. The van der Waals surface area contributed by atoms with Gasteiger partial charge in [-0.25, -0.2) is 9.18 Å². The van der Waals surface area contributed by atoms with Crippen molar-refractivity contribution < 1.29 is 18.8 Å². The minimum absolute atomic E-state index is 0.233. The van der Waals surface area contributed by atoms with Gasteiger partial charge in [0.15, 0.2) is 0 Å². The number of halogens is 1. The van der Waals surface area contributed by atoms with Crippen molar-refractivity contribution >= 4 is 29.6 Å². The molecule has 0 bridgehead atoms. The first-order valence-electron chi connectivity index (χ1n) is 9.63. The number of nitrogens with one attached hydrogen (secondary N) is 2. The van der Waals surface area contributed by atoms with E-state index in [-0.39, 0.29) is 24.2 Å². The van der Waals surface area contributed by atoms with Crippen LogP contribution in [0.1, 0.15) is 38.2 Å². The third kappa shape index (κ3) is 4.66. The molecule has 152 valence electrons. The van der Waals surface area contributed by atoms with Gasteiger partial charge in [0.1, 0.15) is 17.9 Å². The van der Waals surface area contributed by atoms with Gasteiger partial charge < -0.3 is 10.6 Å². The predicted molar refractivity (Wildman–Crippen MR) is 106 cm³/mol. The number of amides is 4. The number of carbonyl (C=O) groups excluding carboxylic acids is 3. The van der Waals surface area contributed by atoms with Crippen LogP contribution in [-0.4, -0.2) is 47.1 Å². The molecule has 6 nitrogen and oxygen atoms in total. The Hall–Kier alpha value is -2.09. The lowest BCUT2D eigenvalue weighted by Gasteiger charge is -2.33. The van der Waals surface area contributed by atoms with Crippen LogP contribution in [0.15, 0.2) is 24.3 Å². The third-order valence-electron chi connectivity index (χ3n) is 5.46. The van der Waals surface area contributed by atoms with Crippen molar-refractivity contribution in [1.82, 2.24) is 15.5 Å². The molecule has 0 unspecified atom stereocenters. The fourth-order valence-electron chi connectivity index (χ4n) is 3.67. The first kappa shape index (κ1) is 20.6. The molecular formula is C20H26FN3O3S.